The fourth-order valence-corrected chi connectivity index (χ4v) is 5.07. The van der Waals surface area contributed by atoms with E-state index in [-0.39, 0.29) is 24.3 Å². The van der Waals surface area contributed by atoms with E-state index in [2.05, 4.69) is 25.2 Å². The van der Waals surface area contributed by atoms with Crippen LogP contribution in [0.15, 0.2) is 30.3 Å². The van der Waals surface area contributed by atoms with Crippen molar-refractivity contribution < 1.29 is 28.2 Å². The van der Waals surface area contributed by atoms with Gasteiger partial charge in [-0.15, -0.1) is 0 Å². The second-order valence-corrected chi connectivity index (χ2v) is 9.97. The third-order valence-electron chi connectivity index (χ3n) is 7.23. The lowest BCUT2D eigenvalue weighted by Gasteiger charge is -2.36. The van der Waals surface area contributed by atoms with Crippen molar-refractivity contribution in [2.45, 2.75) is 19.4 Å². The van der Waals surface area contributed by atoms with Crippen LogP contribution in [-0.4, -0.2) is 125 Å². The molecule has 0 spiro atoms. The van der Waals surface area contributed by atoms with Crippen molar-refractivity contribution in [3.63, 3.8) is 0 Å². The number of aliphatic hydroxyl groups is 1. The van der Waals surface area contributed by atoms with E-state index in [1.54, 1.807) is 42.2 Å². The van der Waals surface area contributed by atoms with Gasteiger partial charge < -0.3 is 29.7 Å². The molecule has 0 unspecified atom stereocenters. The lowest BCUT2D eigenvalue weighted by Crippen LogP contribution is -2.52. The van der Waals surface area contributed by atoms with E-state index in [1.165, 1.54) is 4.57 Å². The molecule has 1 amide bonds. The van der Waals surface area contributed by atoms with Crippen molar-refractivity contribution in [1.82, 2.24) is 29.3 Å². The number of imidazole rings is 1. The van der Waals surface area contributed by atoms with Crippen LogP contribution in [0.5, 0.6) is 0 Å². The monoisotopic (exact) mass is 574 g/mol. The third kappa shape index (κ3) is 6.89. The van der Waals surface area contributed by atoms with Gasteiger partial charge in [0.2, 0.25) is 11.9 Å². The molecule has 2 aliphatic rings. The standard InChI is InChI=1S/C27H36F2N8O4/c1-19(26(39)36-8-6-34(7-9-36)10-14-41-17-13-38)30-27-32-22(35-11-15-40-16-12-35)18-23(33-27)37-21-5-3-2-4-20(21)31-25(37)24(28)29/h2-5,18-19,24,38H,6-17H2,1H3,(H,30,32,33)/t19-/m0/s1. The van der Waals surface area contributed by atoms with Crippen molar-refractivity contribution in [3.8, 4) is 5.82 Å². The average Bonchev–Trinajstić information content (AvgIpc) is 3.40. The number of aromatic nitrogens is 4. The average molecular weight is 575 g/mol. The number of halogens is 2. The summed E-state index contributed by atoms with van der Waals surface area (Å²) < 4.78 is 40.4. The Kier molecular flexibility index (Phi) is 9.54. The van der Waals surface area contributed by atoms with Crippen molar-refractivity contribution in [2.24, 2.45) is 0 Å². The molecule has 0 aliphatic carbocycles. The molecule has 1 aromatic carbocycles. The summed E-state index contributed by atoms with van der Waals surface area (Å²) in [5.41, 5.74) is 0.940. The molecule has 5 rings (SSSR count). The normalized spacial score (nSPS) is 17.4. The summed E-state index contributed by atoms with van der Waals surface area (Å²) in [4.78, 5) is 32.8. The molecule has 41 heavy (non-hydrogen) atoms. The van der Waals surface area contributed by atoms with Crippen molar-refractivity contribution in [2.75, 3.05) is 89.1 Å². The van der Waals surface area contributed by atoms with E-state index in [0.717, 1.165) is 19.6 Å². The van der Waals surface area contributed by atoms with Gasteiger partial charge >= 0.3 is 0 Å². The van der Waals surface area contributed by atoms with E-state index in [4.69, 9.17) is 14.6 Å². The van der Waals surface area contributed by atoms with Gasteiger partial charge in [0.15, 0.2) is 5.82 Å². The molecule has 2 aliphatic heterocycles. The summed E-state index contributed by atoms with van der Waals surface area (Å²) in [6.07, 6.45) is -2.82. The molecule has 12 nitrogen and oxygen atoms in total. The van der Waals surface area contributed by atoms with Crippen LogP contribution in [0.3, 0.4) is 0 Å². The summed E-state index contributed by atoms with van der Waals surface area (Å²) in [5, 5.41) is 12.0. The highest BCUT2D eigenvalue weighted by molar-refractivity contribution is 5.84. The van der Waals surface area contributed by atoms with Crippen LogP contribution in [0.4, 0.5) is 20.5 Å². The number of rotatable bonds is 11. The first-order chi connectivity index (χ1) is 19.9. The van der Waals surface area contributed by atoms with Crippen LogP contribution in [0.25, 0.3) is 16.9 Å². The van der Waals surface area contributed by atoms with E-state index < -0.39 is 18.3 Å². The van der Waals surface area contributed by atoms with Crippen LogP contribution in [-0.2, 0) is 14.3 Å². The second kappa shape index (κ2) is 13.5. The molecule has 4 heterocycles. The highest BCUT2D eigenvalue weighted by Gasteiger charge is 2.27. The molecule has 1 atom stereocenters. The second-order valence-electron chi connectivity index (χ2n) is 9.97. The summed E-state index contributed by atoms with van der Waals surface area (Å²) in [6, 6.07) is 7.95. The molecule has 0 saturated carbocycles. The van der Waals surface area contributed by atoms with Gasteiger partial charge in [-0.2, -0.15) is 9.97 Å². The van der Waals surface area contributed by atoms with Gasteiger partial charge in [-0.3, -0.25) is 14.3 Å². The molecule has 2 aromatic heterocycles. The number of piperazine rings is 1. The van der Waals surface area contributed by atoms with Crippen LogP contribution in [0.2, 0.25) is 0 Å². The van der Waals surface area contributed by atoms with Gasteiger partial charge in [0.1, 0.15) is 17.7 Å². The predicted molar refractivity (Wildman–Crippen MR) is 149 cm³/mol. The first-order valence-corrected chi connectivity index (χ1v) is 13.9. The first kappa shape index (κ1) is 29.0. The third-order valence-corrected chi connectivity index (χ3v) is 7.23. The number of para-hydroxylation sites is 2. The van der Waals surface area contributed by atoms with Crippen LogP contribution in [0, 0.1) is 0 Å². The molecule has 3 aromatic rings. The lowest BCUT2D eigenvalue weighted by atomic mass is 10.2. The zero-order chi connectivity index (χ0) is 28.8. The summed E-state index contributed by atoms with van der Waals surface area (Å²) in [7, 11) is 0. The number of amides is 1. The molecule has 222 valence electrons. The Morgan fingerprint density at radius 3 is 2.51 bits per heavy atom. The fourth-order valence-electron chi connectivity index (χ4n) is 5.07. The number of hydrogen-bond donors (Lipinski definition) is 2. The smallest absolute Gasteiger partial charge is 0.296 e. The SMILES string of the molecule is C[C@H](Nc1nc(N2CCOCC2)cc(-n2c(C(F)F)nc3ccccc32)n1)C(=O)N1CCN(CCOCCO)CC1. The number of alkyl halides is 2. The molecular formula is C27H36F2N8O4. The Bertz CT molecular complexity index is 1310. The van der Waals surface area contributed by atoms with Crippen molar-refractivity contribution >= 4 is 28.7 Å². The molecule has 0 bridgehead atoms. The largest absolute Gasteiger partial charge is 0.394 e. The summed E-state index contributed by atoms with van der Waals surface area (Å²) in [5.74, 6) is 0.458. The minimum Gasteiger partial charge on any atom is -0.394 e. The zero-order valence-electron chi connectivity index (χ0n) is 23.1. The number of hydrogen-bond acceptors (Lipinski definition) is 10. The number of aliphatic hydroxyl groups excluding tert-OH is 1. The quantitative estimate of drug-likeness (QED) is 0.326. The zero-order valence-corrected chi connectivity index (χ0v) is 23.1. The van der Waals surface area contributed by atoms with Gasteiger partial charge in [0, 0.05) is 51.9 Å². The van der Waals surface area contributed by atoms with Gasteiger partial charge in [0.25, 0.3) is 6.43 Å². The lowest BCUT2D eigenvalue weighted by molar-refractivity contribution is -0.133. The maximum absolute atomic E-state index is 14.1. The Labute approximate surface area is 236 Å². The Morgan fingerprint density at radius 2 is 1.78 bits per heavy atom. The van der Waals surface area contributed by atoms with Crippen molar-refractivity contribution in [1.29, 1.82) is 0 Å². The number of carbonyl (C=O) groups is 1. The molecule has 2 N–H and O–H groups in total. The number of benzene rings is 1. The van der Waals surface area contributed by atoms with Gasteiger partial charge in [-0.25, -0.2) is 13.8 Å². The highest BCUT2D eigenvalue weighted by Crippen LogP contribution is 2.29. The van der Waals surface area contributed by atoms with Gasteiger partial charge in [0.05, 0.1) is 44.1 Å². The maximum Gasteiger partial charge on any atom is 0.296 e. The predicted octanol–water partition coefficient (Wildman–Crippen LogP) is 1.54. The number of morpholine rings is 1. The summed E-state index contributed by atoms with van der Waals surface area (Å²) >= 11 is 0. The van der Waals surface area contributed by atoms with E-state index in [0.29, 0.717) is 69.5 Å². The maximum atomic E-state index is 14.1. The van der Waals surface area contributed by atoms with Crippen LogP contribution < -0.4 is 10.2 Å². The number of fused-ring (bicyclic) bond motifs is 1. The Morgan fingerprint density at radius 1 is 1.05 bits per heavy atom. The molecule has 14 heteroatoms. The molecule has 0 radical (unpaired) electrons. The number of ether oxygens (including phenoxy) is 2. The number of carbonyl (C=O) groups excluding carboxylic acids is 1. The topological polar surface area (TPSA) is 121 Å². The fraction of sp³-hybridized carbons (Fsp3) is 0.556. The Hall–Kier alpha value is -3.46. The number of nitrogens with one attached hydrogen (secondary N) is 1. The van der Waals surface area contributed by atoms with Gasteiger partial charge in [-0.05, 0) is 19.1 Å². The molecule has 2 saturated heterocycles. The van der Waals surface area contributed by atoms with E-state index in [9.17, 15) is 13.6 Å². The first-order valence-electron chi connectivity index (χ1n) is 13.9. The number of anilines is 2. The highest BCUT2D eigenvalue weighted by atomic mass is 19.3. The minimum atomic E-state index is -2.82. The molecule has 2 fully saturated rings. The minimum absolute atomic E-state index is 0.0000248. The van der Waals surface area contributed by atoms with Gasteiger partial charge in [-0.1, -0.05) is 12.1 Å². The Balaban J connectivity index is 1.36. The molecular weight excluding hydrogens is 538 g/mol. The van der Waals surface area contributed by atoms with Crippen molar-refractivity contribution in [3.05, 3.63) is 36.2 Å². The van der Waals surface area contributed by atoms with E-state index in [1.807, 2.05) is 4.90 Å². The van der Waals surface area contributed by atoms with Crippen LogP contribution in [0.1, 0.15) is 19.2 Å². The van der Waals surface area contributed by atoms with E-state index >= 15 is 0 Å². The number of nitrogens with zero attached hydrogens (tertiary/aromatic N) is 7. The summed E-state index contributed by atoms with van der Waals surface area (Å²) in [6.45, 7) is 8.15. The van der Waals surface area contributed by atoms with Crippen LogP contribution >= 0.6 is 0 Å².